The van der Waals surface area contributed by atoms with Crippen LogP contribution in [0.15, 0.2) is 67.0 Å². The number of hydrogen-bond acceptors (Lipinski definition) is 5. The van der Waals surface area contributed by atoms with Gasteiger partial charge in [0, 0.05) is 54.4 Å². The van der Waals surface area contributed by atoms with Crippen molar-refractivity contribution in [1.29, 1.82) is 5.26 Å². The van der Waals surface area contributed by atoms with Crippen LogP contribution in [0.1, 0.15) is 35.3 Å². The average molecular weight is 500 g/mol. The van der Waals surface area contributed by atoms with Crippen molar-refractivity contribution in [3.8, 4) is 17.6 Å². The van der Waals surface area contributed by atoms with Crippen molar-refractivity contribution < 1.29 is 9.90 Å². The molecule has 36 heavy (non-hydrogen) atoms. The first-order valence-corrected chi connectivity index (χ1v) is 12.4. The molecule has 0 bridgehead atoms. The van der Waals surface area contributed by atoms with Crippen LogP contribution in [0, 0.1) is 17.2 Å². The summed E-state index contributed by atoms with van der Waals surface area (Å²) in [6.07, 6.45) is 6.49. The zero-order chi connectivity index (χ0) is 25.1. The van der Waals surface area contributed by atoms with Crippen molar-refractivity contribution in [2.45, 2.75) is 19.3 Å². The van der Waals surface area contributed by atoms with Gasteiger partial charge in [-0.3, -0.25) is 9.36 Å². The fraction of sp³-hybridized carbons (Fsp3) is 0.250. The van der Waals surface area contributed by atoms with Gasteiger partial charge in [0.25, 0.3) is 5.91 Å². The van der Waals surface area contributed by atoms with E-state index in [9.17, 15) is 9.90 Å². The molecule has 1 amide bonds. The normalized spacial score (nSPS) is 14.1. The van der Waals surface area contributed by atoms with Gasteiger partial charge in [-0.05, 0) is 61.6 Å². The molecule has 7 nitrogen and oxygen atoms in total. The second-order valence-electron chi connectivity index (χ2n) is 9.06. The van der Waals surface area contributed by atoms with E-state index in [0.717, 1.165) is 43.4 Å². The molecule has 2 aromatic heterocycles. The van der Waals surface area contributed by atoms with Crippen molar-refractivity contribution in [2.75, 3.05) is 24.5 Å². The lowest BCUT2D eigenvalue weighted by atomic mass is 9.93. The Morgan fingerprint density at radius 1 is 1.14 bits per heavy atom. The highest BCUT2D eigenvalue weighted by Crippen LogP contribution is 2.35. The summed E-state index contributed by atoms with van der Waals surface area (Å²) in [5, 5.41) is 24.7. The highest BCUT2D eigenvalue weighted by atomic mass is 35.5. The zero-order valence-electron chi connectivity index (χ0n) is 19.7. The Labute approximate surface area is 214 Å². The summed E-state index contributed by atoms with van der Waals surface area (Å²) in [7, 11) is 0. The number of fused-ring (bicyclic) bond motifs is 1. The number of nitrogens with one attached hydrogen (secondary N) is 1. The second kappa shape index (κ2) is 10.3. The summed E-state index contributed by atoms with van der Waals surface area (Å²) in [6, 6.07) is 18.5. The van der Waals surface area contributed by atoms with E-state index in [-0.39, 0.29) is 11.8 Å². The van der Waals surface area contributed by atoms with Crippen molar-refractivity contribution in [2.24, 2.45) is 5.92 Å². The molecule has 0 atom stereocenters. The van der Waals surface area contributed by atoms with E-state index in [1.54, 1.807) is 29.0 Å². The van der Waals surface area contributed by atoms with Crippen LogP contribution in [-0.4, -0.2) is 40.2 Å². The summed E-state index contributed by atoms with van der Waals surface area (Å²) >= 11 is 6.26. The number of nitrogens with zero attached hydrogens (tertiary/aromatic N) is 4. The number of benzene rings is 2. The van der Waals surface area contributed by atoms with E-state index in [0.29, 0.717) is 39.8 Å². The van der Waals surface area contributed by atoms with Crippen molar-refractivity contribution >= 4 is 34.0 Å². The number of carbonyl (C=O) groups is 1. The number of anilines is 1. The first kappa shape index (κ1) is 23.7. The SMILES string of the molecule is N#Cc1cc(N2CCC(CCNC(=O)c3cccc(-n4cc5cccc(Cl)c5c4O)c3)CC2)ccn1. The number of carbonyl (C=O) groups excluding carboxylic acids is 1. The molecule has 4 aromatic rings. The lowest BCUT2D eigenvalue weighted by Crippen LogP contribution is -2.35. The van der Waals surface area contributed by atoms with Crippen molar-refractivity contribution in [3.63, 3.8) is 0 Å². The molecular formula is C28H26ClN5O2. The topological polar surface area (TPSA) is 94.2 Å². The third-order valence-corrected chi connectivity index (χ3v) is 7.14. The monoisotopic (exact) mass is 499 g/mol. The van der Waals surface area contributed by atoms with E-state index in [1.165, 1.54) is 0 Å². The van der Waals surface area contributed by atoms with Crippen molar-refractivity contribution in [3.05, 3.63) is 83.3 Å². The number of rotatable bonds is 6. The summed E-state index contributed by atoms with van der Waals surface area (Å²) < 4.78 is 1.64. The number of aromatic hydroxyl groups is 1. The first-order chi connectivity index (χ1) is 17.5. The van der Waals surface area contributed by atoms with Crippen LogP contribution in [0.3, 0.4) is 0 Å². The second-order valence-corrected chi connectivity index (χ2v) is 9.47. The minimum absolute atomic E-state index is 0.0510. The smallest absolute Gasteiger partial charge is 0.251 e. The maximum absolute atomic E-state index is 12.8. The predicted octanol–water partition coefficient (Wildman–Crippen LogP) is 5.29. The molecule has 3 heterocycles. The van der Waals surface area contributed by atoms with E-state index < -0.39 is 0 Å². The summed E-state index contributed by atoms with van der Waals surface area (Å²) in [5.74, 6) is 0.457. The number of nitriles is 1. The number of piperidine rings is 1. The Hall–Kier alpha value is -4.02. The molecule has 2 N–H and O–H groups in total. The number of pyridine rings is 1. The largest absolute Gasteiger partial charge is 0.494 e. The Kier molecular flexibility index (Phi) is 6.79. The highest BCUT2D eigenvalue weighted by molar-refractivity contribution is 6.36. The molecule has 0 radical (unpaired) electrons. The molecule has 1 aliphatic rings. The number of aromatic nitrogens is 2. The Morgan fingerprint density at radius 3 is 2.72 bits per heavy atom. The number of amides is 1. The highest BCUT2D eigenvalue weighted by Gasteiger charge is 2.20. The summed E-state index contributed by atoms with van der Waals surface area (Å²) in [6.45, 7) is 2.46. The lowest BCUT2D eigenvalue weighted by Gasteiger charge is -2.33. The zero-order valence-corrected chi connectivity index (χ0v) is 20.4. The van der Waals surface area contributed by atoms with Crippen LogP contribution >= 0.6 is 11.6 Å². The first-order valence-electron chi connectivity index (χ1n) is 12.0. The molecule has 1 aliphatic heterocycles. The molecule has 8 heteroatoms. The van der Waals surface area contributed by atoms with Gasteiger partial charge in [-0.2, -0.15) is 5.26 Å². The van der Waals surface area contributed by atoms with Gasteiger partial charge in [-0.25, -0.2) is 4.98 Å². The van der Waals surface area contributed by atoms with Crippen LogP contribution in [-0.2, 0) is 0 Å². The van der Waals surface area contributed by atoms with Crippen LogP contribution in [0.2, 0.25) is 5.02 Å². The van der Waals surface area contributed by atoms with Gasteiger partial charge in [-0.15, -0.1) is 0 Å². The van der Waals surface area contributed by atoms with Crippen LogP contribution < -0.4 is 10.2 Å². The van der Waals surface area contributed by atoms with Gasteiger partial charge in [-0.1, -0.05) is 29.8 Å². The molecule has 0 unspecified atom stereocenters. The van der Waals surface area contributed by atoms with Gasteiger partial charge in [0.05, 0.1) is 10.4 Å². The fourth-order valence-corrected chi connectivity index (χ4v) is 5.11. The molecule has 5 rings (SSSR count). The quantitative estimate of drug-likeness (QED) is 0.376. The minimum atomic E-state index is -0.135. The van der Waals surface area contributed by atoms with Crippen LogP contribution in [0.5, 0.6) is 5.88 Å². The molecule has 182 valence electrons. The van der Waals surface area contributed by atoms with Gasteiger partial charge < -0.3 is 15.3 Å². The Morgan fingerprint density at radius 2 is 1.94 bits per heavy atom. The average Bonchev–Trinajstić information content (AvgIpc) is 3.26. The molecule has 1 saturated heterocycles. The predicted molar refractivity (Wildman–Crippen MR) is 141 cm³/mol. The van der Waals surface area contributed by atoms with E-state index in [1.807, 2.05) is 42.6 Å². The third kappa shape index (κ3) is 4.86. The van der Waals surface area contributed by atoms with Gasteiger partial charge in [0.1, 0.15) is 11.8 Å². The molecule has 2 aromatic carbocycles. The van der Waals surface area contributed by atoms with Crippen LogP contribution in [0.25, 0.3) is 16.5 Å². The Bertz CT molecular complexity index is 1450. The minimum Gasteiger partial charge on any atom is -0.494 e. The molecule has 0 aliphatic carbocycles. The van der Waals surface area contributed by atoms with Crippen LogP contribution in [0.4, 0.5) is 5.69 Å². The standard InChI is InChI=1S/C28H26ClN5O2/c29-25-6-2-4-21-18-34(28(36)26(21)25)24-5-1-3-20(15-24)27(35)32-11-7-19-9-13-33(14-10-19)23-8-12-31-22(16-23)17-30/h1-6,8,12,15-16,18-19,36H,7,9-11,13-14H2,(H,32,35). The maximum Gasteiger partial charge on any atom is 0.251 e. The Balaban J connectivity index is 1.16. The van der Waals surface area contributed by atoms with Crippen molar-refractivity contribution in [1.82, 2.24) is 14.9 Å². The van der Waals surface area contributed by atoms with E-state index in [2.05, 4.69) is 21.3 Å². The molecule has 1 fully saturated rings. The van der Waals surface area contributed by atoms with Gasteiger partial charge >= 0.3 is 0 Å². The number of hydrogen-bond donors (Lipinski definition) is 2. The maximum atomic E-state index is 12.8. The lowest BCUT2D eigenvalue weighted by molar-refractivity contribution is 0.0950. The van der Waals surface area contributed by atoms with E-state index in [4.69, 9.17) is 16.9 Å². The van der Waals surface area contributed by atoms with Gasteiger partial charge in [0.2, 0.25) is 5.88 Å². The fourth-order valence-electron chi connectivity index (χ4n) is 4.85. The third-order valence-electron chi connectivity index (χ3n) is 6.83. The van der Waals surface area contributed by atoms with Gasteiger partial charge in [0.15, 0.2) is 0 Å². The summed E-state index contributed by atoms with van der Waals surface area (Å²) in [4.78, 5) is 19.2. The molecule has 0 saturated carbocycles. The summed E-state index contributed by atoms with van der Waals surface area (Å²) in [5.41, 5.74) is 2.70. The van der Waals surface area contributed by atoms with E-state index >= 15 is 0 Å². The molecular weight excluding hydrogens is 474 g/mol. The molecule has 0 spiro atoms. The number of halogens is 1.